The van der Waals surface area contributed by atoms with E-state index in [0.29, 0.717) is 12.0 Å². The molecule has 1 saturated carbocycles. The van der Waals surface area contributed by atoms with Gasteiger partial charge in [0.05, 0.1) is 13.1 Å². The number of nitrogens with one attached hydrogen (secondary N) is 1. The third-order valence-corrected chi connectivity index (χ3v) is 4.61. The molecule has 0 aromatic carbocycles. The minimum Gasteiger partial charge on any atom is -0.463 e. The van der Waals surface area contributed by atoms with Crippen LogP contribution >= 0.6 is 0 Å². The van der Waals surface area contributed by atoms with Gasteiger partial charge in [0.1, 0.15) is 11.5 Å². The molecule has 0 spiro atoms. The minimum absolute atomic E-state index is 0.679. The van der Waals surface area contributed by atoms with E-state index in [-0.39, 0.29) is 0 Å². The van der Waals surface area contributed by atoms with Gasteiger partial charge in [-0.3, -0.25) is 4.90 Å². The fourth-order valence-corrected chi connectivity index (χ4v) is 3.40. The first-order valence-electron chi connectivity index (χ1n) is 8.54. The minimum atomic E-state index is 0.679. The molecule has 0 radical (unpaired) electrons. The van der Waals surface area contributed by atoms with Crippen molar-refractivity contribution in [2.45, 2.75) is 65.6 Å². The SMILES string of the molecule is CC(C)CNCc1ccc(CN(C)C2CCCCC2C)o1. The van der Waals surface area contributed by atoms with E-state index in [9.17, 15) is 0 Å². The van der Waals surface area contributed by atoms with Gasteiger partial charge in [0, 0.05) is 6.04 Å². The van der Waals surface area contributed by atoms with Crippen LogP contribution in [0.1, 0.15) is 58.0 Å². The van der Waals surface area contributed by atoms with E-state index in [4.69, 9.17) is 4.42 Å². The highest BCUT2D eigenvalue weighted by molar-refractivity contribution is 5.07. The maximum Gasteiger partial charge on any atom is 0.118 e. The van der Waals surface area contributed by atoms with Gasteiger partial charge in [-0.15, -0.1) is 0 Å². The van der Waals surface area contributed by atoms with Crippen LogP contribution in [0.5, 0.6) is 0 Å². The third kappa shape index (κ3) is 5.15. The molecule has 2 unspecified atom stereocenters. The Bertz CT molecular complexity index is 413. The fraction of sp³-hybridized carbons (Fsp3) is 0.778. The van der Waals surface area contributed by atoms with Crippen molar-refractivity contribution in [3.8, 4) is 0 Å². The summed E-state index contributed by atoms with van der Waals surface area (Å²) in [5, 5.41) is 3.43. The van der Waals surface area contributed by atoms with Crippen LogP contribution in [0, 0.1) is 11.8 Å². The molecule has 21 heavy (non-hydrogen) atoms. The molecule has 1 fully saturated rings. The van der Waals surface area contributed by atoms with E-state index >= 15 is 0 Å². The van der Waals surface area contributed by atoms with E-state index in [1.165, 1.54) is 25.7 Å². The largest absolute Gasteiger partial charge is 0.463 e. The van der Waals surface area contributed by atoms with Gasteiger partial charge in [0.15, 0.2) is 0 Å². The first-order chi connectivity index (χ1) is 10.1. The molecule has 3 nitrogen and oxygen atoms in total. The molecule has 3 heteroatoms. The summed E-state index contributed by atoms with van der Waals surface area (Å²) in [5.41, 5.74) is 0. The van der Waals surface area contributed by atoms with Gasteiger partial charge in [-0.2, -0.15) is 0 Å². The van der Waals surface area contributed by atoms with Crippen LogP contribution in [0.4, 0.5) is 0 Å². The number of nitrogens with zero attached hydrogens (tertiary/aromatic N) is 1. The fourth-order valence-electron chi connectivity index (χ4n) is 3.40. The molecular formula is C18H32N2O. The summed E-state index contributed by atoms with van der Waals surface area (Å²) >= 11 is 0. The summed E-state index contributed by atoms with van der Waals surface area (Å²) in [4.78, 5) is 2.48. The lowest BCUT2D eigenvalue weighted by Crippen LogP contribution is -2.38. The topological polar surface area (TPSA) is 28.4 Å². The zero-order chi connectivity index (χ0) is 15.2. The third-order valence-electron chi connectivity index (χ3n) is 4.61. The summed E-state index contributed by atoms with van der Waals surface area (Å²) in [6, 6.07) is 4.96. The van der Waals surface area contributed by atoms with Crippen molar-refractivity contribution >= 4 is 0 Å². The van der Waals surface area contributed by atoms with E-state index in [2.05, 4.69) is 50.2 Å². The molecule has 1 aromatic heterocycles. The van der Waals surface area contributed by atoms with Gasteiger partial charge >= 0.3 is 0 Å². The summed E-state index contributed by atoms with van der Waals surface area (Å²) in [6.45, 7) is 9.64. The van der Waals surface area contributed by atoms with E-state index in [1.807, 2.05) is 0 Å². The van der Waals surface area contributed by atoms with E-state index < -0.39 is 0 Å². The molecule has 0 aliphatic heterocycles. The van der Waals surface area contributed by atoms with Crippen molar-refractivity contribution < 1.29 is 4.42 Å². The lowest BCUT2D eigenvalue weighted by molar-refractivity contribution is 0.125. The van der Waals surface area contributed by atoms with E-state index in [0.717, 1.165) is 37.1 Å². The molecule has 1 N–H and O–H groups in total. The summed E-state index contributed by atoms with van der Waals surface area (Å²) in [5.74, 6) is 3.64. The van der Waals surface area contributed by atoms with Crippen molar-refractivity contribution in [3.63, 3.8) is 0 Å². The molecule has 2 atom stereocenters. The van der Waals surface area contributed by atoms with Crippen molar-refractivity contribution in [2.75, 3.05) is 13.6 Å². The van der Waals surface area contributed by atoms with Crippen molar-refractivity contribution in [2.24, 2.45) is 11.8 Å². The maximum absolute atomic E-state index is 5.96. The Morgan fingerprint density at radius 1 is 1.24 bits per heavy atom. The van der Waals surface area contributed by atoms with Crippen molar-refractivity contribution in [1.29, 1.82) is 0 Å². The zero-order valence-corrected chi connectivity index (χ0v) is 14.2. The number of hydrogen-bond acceptors (Lipinski definition) is 3. The second kappa shape index (κ2) is 8.00. The molecule has 1 aliphatic rings. The van der Waals surface area contributed by atoms with Crippen LogP contribution in [0.2, 0.25) is 0 Å². The Labute approximate surface area is 130 Å². The number of furan rings is 1. The normalized spacial score (nSPS) is 23.1. The number of rotatable bonds is 7. The quantitative estimate of drug-likeness (QED) is 0.822. The predicted molar refractivity (Wildman–Crippen MR) is 88.1 cm³/mol. The molecule has 2 rings (SSSR count). The number of hydrogen-bond donors (Lipinski definition) is 1. The van der Waals surface area contributed by atoms with Crippen molar-refractivity contribution in [3.05, 3.63) is 23.7 Å². The molecule has 0 amide bonds. The van der Waals surface area contributed by atoms with Crippen LogP contribution in [0.3, 0.4) is 0 Å². The highest BCUT2D eigenvalue weighted by Crippen LogP contribution is 2.28. The van der Waals surface area contributed by atoms with Crippen molar-refractivity contribution in [1.82, 2.24) is 10.2 Å². The molecule has 0 saturated heterocycles. The molecule has 1 aromatic rings. The molecular weight excluding hydrogens is 260 g/mol. The smallest absolute Gasteiger partial charge is 0.118 e. The second-order valence-electron chi connectivity index (χ2n) is 7.14. The molecule has 120 valence electrons. The Hall–Kier alpha value is -0.800. The van der Waals surface area contributed by atoms with Crippen LogP contribution in [0.25, 0.3) is 0 Å². The maximum atomic E-state index is 5.96. The average Bonchev–Trinajstić information content (AvgIpc) is 2.86. The summed E-state index contributed by atoms with van der Waals surface area (Å²) < 4.78 is 5.96. The Balaban J connectivity index is 1.81. The van der Waals surface area contributed by atoms with Gasteiger partial charge in [0.25, 0.3) is 0 Å². The summed E-state index contributed by atoms with van der Waals surface area (Å²) in [6.07, 6.45) is 5.48. The van der Waals surface area contributed by atoms with Gasteiger partial charge in [-0.25, -0.2) is 0 Å². The first kappa shape index (κ1) is 16.6. The van der Waals surface area contributed by atoms with Gasteiger partial charge in [-0.1, -0.05) is 33.6 Å². The average molecular weight is 292 g/mol. The predicted octanol–water partition coefficient (Wildman–Crippen LogP) is 4.04. The lowest BCUT2D eigenvalue weighted by Gasteiger charge is -2.35. The highest BCUT2D eigenvalue weighted by atomic mass is 16.3. The van der Waals surface area contributed by atoms with Crippen LogP contribution in [-0.2, 0) is 13.1 Å². The standard InChI is InChI=1S/C18H32N2O/c1-14(2)11-19-12-16-9-10-17(21-16)13-20(4)18-8-6-5-7-15(18)3/h9-10,14-15,18-19H,5-8,11-13H2,1-4H3. The van der Waals surface area contributed by atoms with E-state index in [1.54, 1.807) is 0 Å². The Kier molecular flexibility index (Phi) is 6.31. The Morgan fingerprint density at radius 2 is 1.95 bits per heavy atom. The van der Waals surface area contributed by atoms with Crippen LogP contribution in [0.15, 0.2) is 16.5 Å². The van der Waals surface area contributed by atoms with Crippen LogP contribution < -0.4 is 5.32 Å². The lowest BCUT2D eigenvalue weighted by atomic mass is 9.85. The second-order valence-corrected chi connectivity index (χ2v) is 7.14. The Morgan fingerprint density at radius 3 is 2.67 bits per heavy atom. The summed E-state index contributed by atoms with van der Waals surface area (Å²) in [7, 11) is 2.24. The molecule has 1 aliphatic carbocycles. The molecule has 0 bridgehead atoms. The zero-order valence-electron chi connectivity index (χ0n) is 14.2. The van der Waals surface area contributed by atoms with Gasteiger partial charge in [-0.05, 0) is 50.4 Å². The van der Waals surface area contributed by atoms with Gasteiger partial charge < -0.3 is 9.73 Å². The first-order valence-corrected chi connectivity index (χ1v) is 8.54. The highest BCUT2D eigenvalue weighted by Gasteiger charge is 2.25. The monoisotopic (exact) mass is 292 g/mol. The van der Waals surface area contributed by atoms with Crippen LogP contribution in [-0.4, -0.2) is 24.5 Å². The molecule has 1 heterocycles. The van der Waals surface area contributed by atoms with Gasteiger partial charge in [0.2, 0.25) is 0 Å².